The van der Waals surface area contributed by atoms with Gasteiger partial charge >= 0.3 is 5.69 Å². The molecule has 25 heavy (non-hydrogen) atoms. The van der Waals surface area contributed by atoms with Crippen molar-refractivity contribution in [2.24, 2.45) is 0 Å². The number of nitro groups is 1. The molecule has 0 saturated carbocycles. The average molecular weight is 349 g/mol. The number of nitro benzene ring substituents is 1. The molecule has 122 valence electrons. The zero-order valence-corrected chi connectivity index (χ0v) is 13.6. The first-order chi connectivity index (χ1) is 12.2. The first-order valence-electron chi connectivity index (χ1n) is 7.44. The molecule has 0 bridgehead atoms. The Bertz CT molecular complexity index is 1060. The van der Waals surface area contributed by atoms with E-state index in [1.807, 2.05) is 41.8 Å². The van der Waals surface area contributed by atoms with E-state index < -0.39 is 4.92 Å². The molecule has 2 aromatic heterocycles. The number of benzene rings is 2. The molecule has 4 aromatic rings. The van der Waals surface area contributed by atoms with Crippen molar-refractivity contribution in [3.63, 3.8) is 0 Å². The summed E-state index contributed by atoms with van der Waals surface area (Å²) in [6.07, 6.45) is 0. The highest BCUT2D eigenvalue weighted by Gasteiger charge is 2.18. The molecule has 0 atom stereocenters. The SMILES string of the molecule is O=[N+]([O-])c1ccccc1Oc1nc(-c2cccs2)nc2ccccc12. The molecule has 7 heteroatoms. The molecule has 0 saturated heterocycles. The molecular formula is C18H11N3O3S. The minimum absolute atomic E-state index is 0.108. The van der Waals surface area contributed by atoms with Crippen molar-refractivity contribution in [3.8, 4) is 22.3 Å². The number of nitrogens with zero attached hydrogens (tertiary/aromatic N) is 3. The highest BCUT2D eigenvalue weighted by atomic mass is 32.1. The second-order valence-corrected chi connectivity index (χ2v) is 6.12. The Morgan fingerprint density at radius 1 is 0.960 bits per heavy atom. The number of thiophene rings is 1. The van der Waals surface area contributed by atoms with Crippen LogP contribution < -0.4 is 4.74 Å². The van der Waals surface area contributed by atoms with Gasteiger partial charge in [-0.2, -0.15) is 4.98 Å². The van der Waals surface area contributed by atoms with Crippen molar-refractivity contribution in [3.05, 3.63) is 76.2 Å². The molecule has 0 unspecified atom stereocenters. The lowest BCUT2D eigenvalue weighted by Gasteiger charge is -2.09. The minimum Gasteiger partial charge on any atom is -0.431 e. The topological polar surface area (TPSA) is 78.2 Å². The molecule has 0 aliphatic rings. The van der Waals surface area contributed by atoms with Gasteiger partial charge in [-0.05, 0) is 29.6 Å². The Morgan fingerprint density at radius 2 is 1.76 bits per heavy atom. The van der Waals surface area contributed by atoms with Gasteiger partial charge in [0.05, 0.1) is 20.7 Å². The maximum Gasteiger partial charge on any atom is 0.311 e. The third-order valence-electron chi connectivity index (χ3n) is 3.58. The zero-order chi connectivity index (χ0) is 17.2. The van der Waals surface area contributed by atoms with E-state index in [2.05, 4.69) is 9.97 Å². The molecule has 0 fully saturated rings. The quantitative estimate of drug-likeness (QED) is 0.380. The van der Waals surface area contributed by atoms with Crippen LogP contribution in [0.4, 0.5) is 5.69 Å². The lowest BCUT2D eigenvalue weighted by molar-refractivity contribution is -0.385. The van der Waals surface area contributed by atoms with Crippen LogP contribution in [-0.2, 0) is 0 Å². The van der Waals surface area contributed by atoms with Gasteiger partial charge < -0.3 is 4.74 Å². The van der Waals surface area contributed by atoms with Crippen LogP contribution in [0, 0.1) is 10.1 Å². The van der Waals surface area contributed by atoms with E-state index in [-0.39, 0.29) is 11.4 Å². The summed E-state index contributed by atoms with van der Waals surface area (Å²) in [5.41, 5.74) is 0.609. The summed E-state index contributed by atoms with van der Waals surface area (Å²) < 4.78 is 5.83. The second kappa shape index (κ2) is 6.29. The third kappa shape index (κ3) is 2.92. The second-order valence-electron chi connectivity index (χ2n) is 5.17. The molecule has 0 aliphatic carbocycles. The lowest BCUT2D eigenvalue weighted by Crippen LogP contribution is -1.97. The van der Waals surface area contributed by atoms with Crippen LogP contribution in [0.1, 0.15) is 0 Å². The fourth-order valence-electron chi connectivity index (χ4n) is 2.44. The summed E-state index contributed by atoms with van der Waals surface area (Å²) in [7, 11) is 0. The standard InChI is InChI=1S/C18H11N3O3S/c22-21(23)14-8-3-4-9-15(14)24-18-12-6-1-2-7-13(12)19-17(20-18)16-10-5-11-25-16/h1-11H. The van der Waals surface area contributed by atoms with Crippen molar-refractivity contribution < 1.29 is 9.66 Å². The van der Waals surface area contributed by atoms with Crippen LogP contribution in [0.3, 0.4) is 0 Å². The van der Waals surface area contributed by atoms with Gasteiger partial charge in [0.15, 0.2) is 5.82 Å². The van der Waals surface area contributed by atoms with Crippen molar-refractivity contribution in [1.82, 2.24) is 9.97 Å². The molecule has 0 amide bonds. The lowest BCUT2D eigenvalue weighted by atomic mass is 10.2. The van der Waals surface area contributed by atoms with Crippen molar-refractivity contribution in [2.75, 3.05) is 0 Å². The summed E-state index contributed by atoms with van der Waals surface area (Å²) in [5.74, 6) is 0.971. The number of hydrogen-bond acceptors (Lipinski definition) is 6. The normalized spacial score (nSPS) is 10.7. The molecule has 0 N–H and O–H groups in total. The Hall–Kier alpha value is -3.32. The maximum absolute atomic E-state index is 11.2. The molecular weight excluding hydrogens is 338 g/mol. The largest absolute Gasteiger partial charge is 0.431 e. The summed E-state index contributed by atoms with van der Waals surface area (Å²) in [6.45, 7) is 0. The number of hydrogen-bond donors (Lipinski definition) is 0. The predicted molar refractivity (Wildman–Crippen MR) is 96.0 cm³/mol. The summed E-state index contributed by atoms with van der Waals surface area (Å²) in [6, 6.07) is 17.5. The average Bonchev–Trinajstić information content (AvgIpc) is 3.16. The molecule has 2 aromatic carbocycles. The molecule has 4 rings (SSSR count). The van der Waals surface area contributed by atoms with Gasteiger partial charge in [0.25, 0.3) is 0 Å². The number of aromatic nitrogens is 2. The minimum atomic E-state index is -0.473. The smallest absolute Gasteiger partial charge is 0.311 e. The van der Waals surface area contributed by atoms with Crippen LogP contribution in [0.2, 0.25) is 0 Å². The van der Waals surface area contributed by atoms with E-state index in [9.17, 15) is 10.1 Å². The molecule has 0 spiro atoms. The molecule has 0 aliphatic heterocycles. The highest BCUT2D eigenvalue weighted by molar-refractivity contribution is 7.13. The van der Waals surface area contributed by atoms with Crippen molar-refractivity contribution >= 4 is 27.9 Å². The Labute approximate surface area is 146 Å². The Kier molecular flexibility index (Phi) is 3.83. The van der Waals surface area contributed by atoms with E-state index in [1.165, 1.54) is 17.4 Å². The first kappa shape index (κ1) is 15.2. The van der Waals surface area contributed by atoms with Crippen LogP contribution >= 0.6 is 11.3 Å². The van der Waals surface area contributed by atoms with Gasteiger partial charge in [-0.1, -0.05) is 30.3 Å². The zero-order valence-electron chi connectivity index (χ0n) is 12.8. The van der Waals surface area contributed by atoms with E-state index in [4.69, 9.17) is 4.74 Å². The number of para-hydroxylation sites is 3. The van der Waals surface area contributed by atoms with Crippen molar-refractivity contribution in [2.45, 2.75) is 0 Å². The fourth-order valence-corrected chi connectivity index (χ4v) is 3.10. The van der Waals surface area contributed by atoms with Crippen LogP contribution in [0.15, 0.2) is 66.0 Å². The van der Waals surface area contributed by atoms with Crippen LogP contribution in [0.5, 0.6) is 11.6 Å². The fraction of sp³-hybridized carbons (Fsp3) is 0. The van der Waals surface area contributed by atoms with E-state index >= 15 is 0 Å². The van der Waals surface area contributed by atoms with Gasteiger partial charge in [0.2, 0.25) is 11.6 Å². The summed E-state index contributed by atoms with van der Waals surface area (Å²) in [4.78, 5) is 20.7. The first-order valence-corrected chi connectivity index (χ1v) is 8.32. The van der Waals surface area contributed by atoms with Gasteiger partial charge in [-0.25, -0.2) is 4.98 Å². The maximum atomic E-state index is 11.2. The van der Waals surface area contributed by atoms with Gasteiger partial charge in [0.1, 0.15) is 0 Å². The number of fused-ring (bicyclic) bond motifs is 1. The Balaban J connectivity index is 1.88. The highest BCUT2D eigenvalue weighted by Crippen LogP contribution is 2.35. The third-order valence-corrected chi connectivity index (χ3v) is 4.44. The predicted octanol–water partition coefficient (Wildman–Crippen LogP) is 5.06. The number of rotatable bonds is 4. The summed E-state index contributed by atoms with van der Waals surface area (Å²) >= 11 is 1.52. The molecule has 6 nitrogen and oxygen atoms in total. The van der Waals surface area contributed by atoms with Gasteiger partial charge in [-0.3, -0.25) is 10.1 Å². The summed E-state index contributed by atoms with van der Waals surface area (Å²) in [5, 5.41) is 13.9. The monoisotopic (exact) mass is 349 g/mol. The van der Waals surface area contributed by atoms with Crippen LogP contribution in [0.25, 0.3) is 21.6 Å². The van der Waals surface area contributed by atoms with Gasteiger partial charge in [0, 0.05) is 6.07 Å². The van der Waals surface area contributed by atoms with Gasteiger partial charge in [-0.15, -0.1) is 11.3 Å². The molecule has 2 heterocycles. The van der Waals surface area contributed by atoms with E-state index in [0.717, 1.165) is 10.4 Å². The molecule has 0 radical (unpaired) electrons. The Morgan fingerprint density at radius 3 is 2.56 bits per heavy atom. The van der Waals surface area contributed by atoms with Crippen molar-refractivity contribution in [1.29, 1.82) is 0 Å². The van der Waals surface area contributed by atoms with Crippen LogP contribution in [-0.4, -0.2) is 14.9 Å². The van der Waals surface area contributed by atoms with E-state index in [1.54, 1.807) is 18.2 Å². The van der Waals surface area contributed by atoms with E-state index in [0.29, 0.717) is 17.1 Å². The number of ether oxygens (including phenoxy) is 1.